The van der Waals surface area contributed by atoms with Crippen LogP contribution in [0.2, 0.25) is 0 Å². The molecule has 8 heteroatoms. The van der Waals surface area contributed by atoms with E-state index >= 15 is 0 Å². The number of carboxylic acids is 1. The third-order valence-electron chi connectivity index (χ3n) is 6.22. The van der Waals surface area contributed by atoms with Crippen LogP contribution < -0.4 is 11.1 Å². The molecule has 3 aromatic rings. The average molecular weight is 509 g/mol. The van der Waals surface area contributed by atoms with Gasteiger partial charge in [0.15, 0.2) is 0 Å². The van der Waals surface area contributed by atoms with Crippen LogP contribution in [0.25, 0.3) is 11.1 Å². The molecule has 2 unspecified atom stereocenters. The molecule has 0 heterocycles. The van der Waals surface area contributed by atoms with Crippen LogP contribution >= 0.6 is 7.37 Å². The van der Waals surface area contributed by atoms with Gasteiger partial charge in [0.25, 0.3) is 0 Å². The fraction of sp³-hybridized carbons (Fsp3) is 0.286. The average Bonchev–Trinajstić information content (AvgIpc) is 2.88. The second-order valence-electron chi connectivity index (χ2n) is 8.97. The van der Waals surface area contributed by atoms with Gasteiger partial charge in [-0.2, -0.15) is 0 Å². The third kappa shape index (κ3) is 7.62. The van der Waals surface area contributed by atoms with Gasteiger partial charge in [0, 0.05) is 6.16 Å². The minimum Gasteiger partial charge on any atom is -0.480 e. The van der Waals surface area contributed by atoms with Crippen LogP contribution in [-0.2, 0) is 27.0 Å². The van der Waals surface area contributed by atoms with Crippen molar-refractivity contribution in [2.75, 3.05) is 6.16 Å². The molecule has 3 rings (SSSR count). The standard InChI is InChI=1S/C28H33N2O5P/c1-2-25(28(32)33)30-27(31)24(19-36(34,35)26(29)18-20-9-5-3-6-10-20)17-21-13-15-23(16-14-21)22-11-7-4-8-12-22/h3-16,24-26H,2,17-19,29H2,1H3,(H,30,31)(H,32,33)(H,34,35)/t24-,25+,26?/m1/s1. The monoisotopic (exact) mass is 508 g/mol. The highest BCUT2D eigenvalue weighted by atomic mass is 31.2. The predicted octanol–water partition coefficient (Wildman–Crippen LogP) is 4.29. The Bertz CT molecular complexity index is 1190. The third-order valence-corrected chi connectivity index (χ3v) is 8.41. The highest BCUT2D eigenvalue weighted by Crippen LogP contribution is 2.47. The Morgan fingerprint density at radius 2 is 1.39 bits per heavy atom. The van der Waals surface area contributed by atoms with Crippen LogP contribution in [0.5, 0.6) is 0 Å². The smallest absolute Gasteiger partial charge is 0.326 e. The lowest BCUT2D eigenvalue weighted by atomic mass is 9.97. The molecular formula is C28H33N2O5P. The van der Waals surface area contributed by atoms with Gasteiger partial charge in [-0.15, -0.1) is 0 Å². The van der Waals surface area contributed by atoms with E-state index in [9.17, 15) is 24.2 Å². The summed E-state index contributed by atoms with van der Waals surface area (Å²) >= 11 is 0. The largest absolute Gasteiger partial charge is 0.480 e. The van der Waals surface area contributed by atoms with Crippen LogP contribution in [0.15, 0.2) is 84.9 Å². The number of hydrogen-bond donors (Lipinski definition) is 4. The summed E-state index contributed by atoms with van der Waals surface area (Å²) in [4.78, 5) is 35.5. The molecule has 0 aromatic heterocycles. The van der Waals surface area contributed by atoms with Gasteiger partial charge in [0.1, 0.15) is 6.04 Å². The first-order valence-corrected chi connectivity index (χ1v) is 13.9. The van der Waals surface area contributed by atoms with E-state index in [-0.39, 0.29) is 25.4 Å². The maximum absolute atomic E-state index is 13.3. The topological polar surface area (TPSA) is 130 Å². The lowest BCUT2D eigenvalue weighted by molar-refractivity contribution is -0.142. The Morgan fingerprint density at radius 1 is 0.861 bits per heavy atom. The van der Waals surface area contributed by atoms with E-state index in [4.69, 9.17) is 5.73 Å². The number of carboxylic acid groups (broad SMARTS) is 1. The van der Waals surface area contributed by atoms with Crippen molar-refractivity contribution in [3.63, 3.8) is 0 Å². The Morgan fingerprint density at radius 3 is 1.94 bits per heavy atom. The predicted molar refractivity (Wildman–Crippen MR) is 142 cm³/mol. The first kappa shape index (κ1) is 27.3. The zero-order valence-electron chi connectivity index (χ0n) is 20.3. The number of rotatable bonds is 12. The van der Waals surface area contributed by atoms with Crippen molar-refractivity contribution in [2.45, 2.75) is 38.0 Å². The van der Waals surface area contributed by atoms with Crippen molar-refractivity contribution in [1.29, 1.82) is 0 Å². The molecular weight excluding hydrogens is 475 g/mol. The van der Waals surface area contributed by atoms with Gasteiger partial charge in [-0.05, 0) is 41.5 Å². The van der Waals surface area contributed by atoms with Crippen molar-refractivity contribution in [3.05, 3.63) is 96.1 Å². The molecule has 36 heavy (non-hydrogen) atoms. The fourth-order valence-corrected chi connectivity index (χ4v) is 5.76. The zero-order valence-corrected chi connectivity index (χ0v) is 21.2. The molecule has 0 fully saturated rings. The van der Waals surface area contributed by atoms with Crippen LogP contribution in [-0.4, -0.2) is 39.9 Å². The number of amides is 1. The fourth-order valence-electron chi connectivity index (χ4n) is 4.07. The molecule has 0 spiro atoms. The number of benzene rings is 3. The highest BCUT2D eigenvalue weighted by Gasteiger charge is 2.35. The second kappa shape index (κ2) is 12.6. The van der Waals surface area contributed by atoms with Crippen molar-refractivity contribution < 1.29 is 24.2 Å². The van der Waals surface area contributed by atoms with Crippen molar-refractivity contribution >= 4 is 19.2 Å². The Balaban J connectivity index is 1.80. The maximum atomic E-state index is 13.3. The summed E-state index contributed by atoms with van der Waals surface area (Å²) in [6.45, 7) is 1.66. The van der Waals surface area contributed by atoms with Crippen molar-refractivity contribution in [3.8, 4) is 11.1 Å². The Labute approximate surface area is 211 Å². The molecule has 0 saturated heterocycles. The number of carbonyl (C=O) groups is 2. The van der Waals surface area contributed by atoms with Gasteiger partial charge in [0.05, 0.1) is 11.7 Å². The summed E-state index contributed by atoms with van der Waals surface area (Å²) in [5, 5.41) is 11.9. The summed E-state index contributed by atoms with van der Waals surface area (Å²) < 4.78 is 13.3. The number of aliphatic carboxylic acids is 1. The Kier molecular flexibility index (Phi) is 9.59. The Hall–Kier alpha value is -3.25. The van der Waals surface area contributed by atoms with Gasteiger partial charge in [-0.1, -0.05) is 91.9 Å². The summed E-state index contributed by atoms with van der Waals surface area (Å²) in [5.41, 5.74) is 9.84. The molecule has 1 amide bonds. The molecule has 0 bridgehead atoms. The molecule has 3 aromatic carbocycles. The molecule has 190 valence electrons. The minimum absolute atomic E-state index is 0.180. The molecule has 0 saturated carbocycles. The van der Waals surface area contributed by atoms with Gasteiger partial charge in [-0.3, -0.25) is 9.36 Å². The lowest BCUT2D eigenvalue weighted by Crippen LogP contribution is -2.45. The molecule has 0 radical (unpaired) electrons. The van der Waals surface area contributed by atoms with E-state index in [0.29, 0.717) is 0 Å². The quantitative estimate of drug-likeness (QED) is 0.270. The van der Waals surface area contributed by atoms with Crippen molar-refractivity contribution in [1.82, 2.24) is 5.32 Å². The van der Waals surface area contributed by atoms with Gasteiger partial charge in [-0.25, -0.2) is 4.79 Å². The maximum Gasteiger partial charge on any atom is 0.326 e. The van der Waals surface area contributed by atoms with E-state index in [1.54, 1.807) is 6.92 Å². The molecule has 0 aliphatic rings. The van der Waals surface area contributed by atoms with E-state index < -0.39 is 37.0 Å². The minimum atomic E-state index is -3.96. The molecule has 7 nitrogen and oxygen atoms in total. The lowest BCUT2D eigenvalue weighted by Gasteiger charge is -2.25. The summed E-state index contributed by atoms with van der Waals surface area (Å²) in [5.74, 6) is -3.68. The van der Waals surface area contributed by atoms with Crippen LogP contribution in [0.4, 0.5) is 0 Å². The van der Waals surface area contributed by atoms with E-state index in [1.165, 1.54) is 0 Å². The first-order valence-electron chi connectivity index (χ1n) is 12.0. The molecule has 5 N–H and O–H groups in total. The first-order chi connectivity index (χ1) is 17.2. The number of nitrogens with two attached hydrogens (primary N) is 1. The van der Waals surface area contributed by atoms with Crippen LogP contribution in [0.1, 0.15) is 24.5 Å². The van der Waals surface area contributed by atoms with E-state index in [0.717, 1.165) is 22.3 Å². The molecule has 0 aliphatic carbocycles. The molecule has 4 atom stereocenters. The van der Waals surface area contributed by atoms with Crippen LogP contribution in [0.3, 0.4) is 0 Å². The number of carbonyl (C=O) groups excluding carboxylic acids is 1. The summed E-state index contributed by atoms with van der Waals surface area (Å²) in [6, 6.07) is 25.6. The highest BCUT2D eigenvalue weighted by molar-refractivity contribution is 7.58. The van der Waals surface area contributed by atoms with Gasteiger partial charge >= 0.3 is 5.97 Å². The van der Waals surface area contributed by atoms with Gasteiger partial charge in [0.2, 0.25) is 13.3 Å². The van der Waals surface area contributed by atoms with Gasteiger partial charge < -0.3 is 21.1 Å². The second-order valence-corrected chi connectivity index (χ2v) is 11.5. The van der Waals surface area contributed by atoms with E-state index in [1.807, 2.05) is 84.9 Å². The zero-order chi connectivity index (χ0) is 26.1. The number of nitrogens with one attached hydrogen (secondary N) is 1. The van der Waals surface area contributed by atoms with Crippen molar-refractivity contribution in [2.24, 2.45) is 11.7 Å². The summed E-state index contributed by atoms with van der Waals surface area (Å²) in [7, 11) is -3.96. The SMILES string of the molecule is CC[C@H](NC(=O)[C@H](Cc1ccc(-c2ccccc2)cc1)CP(=O)(O)C(N)Cc1ccccc1)C(=O)O. The van der Waals surface area contributed by atoms with Crippen LogP contribution in [0, 0.1) is 5.92 Å². The normalized spacial score (nSPS) is 15.3. The molecule has 0 aliphatic heterocycles. The summed E-state index contributed by atoms with van der Waals surface area (Å²) in [6.07, 6.45) is 0.230. The van der Waals surface area contributed by atoms with E-state index in [2.05, 4.69) is 5.32 Å². The number of hydrogen-bond acceptors (Lipinski definition) is 4.